The smallest absolute Gasteiger partial charge is 0.404 e. The van der Waals surface area contributed by atoms with E-state index in [-0.39, 0.29) is 16.3 Å². The minimum Gasteiger partial charge on any atom is -0.404 e. The lowest BCUT2D eigenvalue weighted by Crippen LogP contribution is -2.20. The topological polar surface area (TPSA) is 38.3 Å². The van der Waals surface area contributed by atoms with Gasteiger partial charge in [0.05, 0.1) is 12.1 Å². The number of ether oxygens (including phenoxy) is 1. The molecule has 0 radical (unpaired) electrons. The molecule has 0 saturated heterocycles. The molecule has 122 valence electrons. The van der Waals surface area contributed by atoms with Crippen molar-refractivity contribution in [1.82, 2.24) is 0 Å². The van der Waals surface area contributed by atoms with Gasteiger partial charge in [0.25, 0.3) is 0 Å². The molecule has 0 aliphatic rings. The Morgan fingerprint density at radius 2 is 1.83 bits per heavy atom. The highest BCUT2D eigenvalue weighted by Crippen LogP contribution is 2.30. The number of nitrogens with one attached hydrogen (secondary N) is 1. The summed E-state index contributed by atoms with van der Waals surface area (Å²) in [6.07, 6.45) is -5.32. The predicted octanol–water partition coefficient (Wildman–Crippen LogP) is 4.56. The highest BCUT2D eigenvalue weighted by Gasteiger charge is 2.32. The van der Waals surface area contributed by atoms with Crippen LogP contribution in [0, 0.1) is 5.82 Å². The lowest BCUT2D eigenvalue weighted by molar-refractivity contribution is -0.274. The predicted molar refractivity (Wildman–Crippen MR) is 76.9 cm³/mol. The lowest BCUT2D eigenvalue weighted by atomic mass is 10.1. The largest absolute Gasteiger partial charge is 0.573 e. The molecule has 0 heterocycles. The Bertz CT molecular complexity index is 699. The molecule has 0 aromatic heterocycles. The Hall–Kier alpha value is -2.28. The number of hydrogen-bond acceptors (Lipinski definition) is 2. The van der Waals surface area contributed by atoms with Crippen LogP contribution in [0.1, 0.15) is 5.56 Å². The summed E-state index contributed by atoms with van der Waals surface area (Å²) in [5.74, 6) is -1.96. The Morgan fingerprint density at radius 3 is 2.48 bits per heavy atom. The quantitative estimate of drug-likeness (QED) is 0.823. The molecule has 0 fully saturated rings. The second-order valence-electron chi connectivity index (χ2n) is 4.47. The maximum absolute atomic E-state index is 13.6. The molecular formula is C15H10ClF4NO2. The van der Waals surface area contributed by atoms with Crippen LogP contribution >= 0.6 is 11.6 Å². The molecule has 0 saturated carbocycles. The number of alkyl halides is 3. The number of benzene rings is 2. The Morgan fingerprint density at radius 1 is 1.13 bits per heavy atom. The number of amides is 1. The third kappa shape index (κ3) is 4.85. The van der Waals surface area contributed by atoms with Crippen LogP contribution in [-0.2, 0) is 11.2 Å². The van der Waals surface area contributed by atoms with E-state index >= 15 is 0 Å². The van der Waals surface area contributed by atoms with Crippen molar-refractivity contribution in [3.05, 3.63) is 58.9 Å². The van der Waals surface area contributed by atoms with E-state index < -0.39 is 30.3 Å². The lowest BCUT2D eigenvalue weighted by Gasteiger charge is -2.14. The molecule has 2 rings (SSSR count). The zero-order valence-corrected chi connectivity index (χ0v) is 12.2. The van der Waals surface area contributed by atoms with Crippen molar-refractivity contribution in [2.24, 2.45) is 0 Å². The van der Waals surface area contributed by atoms with Gasteiger partial charge in [-0.3, -0.25) is 4.79 Å². The van der Waals surface area contributed by atoms with Crippen molar-refractivity contribution < 1.29 is 27.1 Å². The highest BCUT2D eigenvalue weighted by atomic mass is 35.5. The summed E-state index contributed by atoms with van der Waals surface area (Å²) in [5.41, 5.74) is -0.219. The molecule has 1 amide bonds. The maximum atomic E-state index is 13.6. The van der Waals surface area contributed by atoms with Gasteiger partial charge in [-0.2, -0.15) is 0 Å². The third-order valence-corrected chi connectivity index (χ3v) is 3.14. The molecule has 2 aromatic carbocycles. The summed E-state index contributed by atoms with van der Waals surface area (Å²) < 4.78 is 54.4. The van der Waals surface area contributed by atoms with Crippen LogP contribution in [0.5, 0.6) is 5.75 Å². The van der Waals surface area contributed by atoms with Crippen LogP contribution < -0.4 is 10.1 Å². The van der Waals surface area contributed by atoms with Crippen molar-refractivity contribution in [3.8, 4) is 5.75 Å². The molecule has 0 unspecified atom stereocenters. The first-order valence-corrected chi connectivity index (χ1v) is 6.71. The van der Waals surface area contributed by atoms with Gasteiger partial charge in [-0.05, 0) is 24.3 Å². The fraction of sp³-hybridized carbons (Fsp3) is 0.133. The second kappa shape index (κ2) is 6.87. The zero-order chi connectivity index (χ0) is 17.0. The summed E-state index contributed by atoms with van der Waals surface area (Å²) in [7, 11) is 0. The van der Waals surface area contributed by atoms with Crippen molar-refractivity contribution in [2.45, 2.75) is 12.8 Å². The van der Waals surface area contributed by atoms with E-state index in [0.29, 0.717) is 0 Å². The van der Waals surface area contributed by atoms with Gasteiger partial charge in [0, 0.05) is 10.6 Å². The molecule has 8 heteroatoms. The Kier molecular flexibility index (Phi) is 5.10. The third-order valence-electron chi connectivity index (χ3n) is 2.79. The monoisotopic (exact) mass is 347 g/mol. The number of para-hydroxylation sites is 2. The summed E-state index contributed by atoms with van der Waals surface area (Å²) in [6.45, 7) is 0. The molecule has 2 aromatic rings. The van der Waals surface area contributed by atoms with Crippen molar-refractivity contribution in [1.29, 1.82) is 0 Å². The first kappa shape index (κ1) is 17.1. The van der Waals surface area contributed by atoms with Crippen LogP contribution in [0.3, 0.4) is 0 Å². The van der Waals surface area contributed by atoms with Crippen LogP contribution in [0.15, 0.2) is 42.5 Å². The SMILES string of the molecule is O=C(Cc1c(F)cccc1Cl)Nc1ccccc1OC(F)(F)F. The van der Waals surface area contributed by atoms with E-state index in [1.807, 2.05) is 0 Å². The van der Waals surface area contributed by atoms with Gasteiger partial charge in [-0.1, -0.05) is 29.8 Å². The van der Waals surface area contributed by atoms with Gasteiger partial charge in [0.2, 0.25) is 5.91 Å². The van der Waals surface area contributed by atoms with Crippen molar-refractivity contribution in [3.63, 3.8) is 0 Å². The van der Waals surface area contributed by atoms with Crippen molar-refractivity contribution in [2.75, 3.05) is 5.32 Å². The van der Waals surface area contributed by atoms with Crippen LogP contribution in [0.25, 0.3) is 0 Å². The van der Waals surface area contributed by atoms with Crippen LogP contribution in [-0.4, -0.2) is 12.3 Å². The zero-order valence-electron chi connectivity index (χ0n) is 11.5. The number of halogens is 5. The molecule has 3 nitrogen and oxygen atoms in total. The van der Waals surface area contributed by atoms with Gasteiger partial charge < -0.3 is 10.1 Å². The molecule has 0 atom stereocenters. The average Bonchev–Trinajstić information content (AvgIpc) is 2.44. The number of rotatable bonds is 4. The minimum absolute atomic E-state index is 0.0408. The van der Waals surface area contributed by atoms with E-state index in [0.717, 1.165) is 12.1 Å². The van der Waals surface area contributed by atoms with Gasteiger partial charge in [-0.25, -0.2) is 4.39 Å². The van der Waals surface area contributed by atoms with E-state index in [1.54, 1.807) is 0 Å². The van der Waals surface area contributed by atoms with Gasteiger partial charge in [0.1, 0.15) is 5.82 Å². The number of carbonyl (C=O) groups is 1. The Balaban J connectivity index is 2.15. The van der Waals surface area contributed by atoms with Crippen LogP contribution in [0.2, 0.25) is 5.02 Å². The maximum Gasteiger partial charge on any atom is 0.573 e. The summed E-state index contributed by atoms with van der Waals surface area (Å²) in [4.78, 5) is 11.9. The summed E-state index contributed by atoms with van der Waals surface area (Å²) >= 11 is 5.80. The first-order valence-electron chi connectivity index (χ1n) is 6.34. The van der Waals surface area contributed by atoms with Crippen LogP contribution in [0.4, 0.5) is 23.2 Å². The fourth-order valence-electron chi connectivity index (χ4n) is 1.84. The van der Waals surface area contributed by atoms with E-state index in [2.05, 4.69) is 10.1 Å². The first-order chi connectivity index (χ1) is 10.8. The summed E-state index contributed by atoms with van der Waals surface area (Å²) in [6, 6.07) is 8.97. The molecule has 23 heavy (non-hydrogen) atoms. The molecule has 1 N–H and O–H groups in total. The molecule has 0 spiro atoms. The summed E-state index contributed by atoms with van der Waals surface area (Å²) in [5, 5.41) is 2.30. The van der Waals surface area contributed by atoms with E-state index in [4.69, 9.17) is 11.6 Å². The average molecular weight is 348 g/mol. The number of anilines is 1. The second-order valence-corrected chi connectivity index (χ2v) is 4.88. The standard InChI is InChI=1S/C15H10ClF4NO2/c16-10-4-3-5-11(17)9(10)8-14(22)21-12-6-1-2-7-13(12)23-15(18,19)20/h1-7H,8H2,(H,21,22). The molecule has 0 aliphatic carbocycles. The van der Waals surface area contributed by atoms with Gasteiger partial charge >= 0.3 is 6.36 Å². The number of hydrogen-bond donors (Lipinski definition) is 1. The van der Waals surface area contributed by atoms with Gasteiger partial charge in [-0.15, -0.1) is 13.2 Å². The fourth-order valence-corrected chi connectivity index (χ4v) is 2.07. The van der Waals surface area contributed by atoms with Gasteiger partial charge in [0.15, 0.2) is 5.75 Å². The molecule has 0 aliphatic heterocycles. The highest BCUT2D eigenvalue weighted by molar-refractivity contribution is 6.31. The normalized spacial score (nSPS) is 11.2. The molecule has 0 bridgehead atoms. The van der Waals surface area contributed by atoms with Crippen molar-refractivity contribution >= 4 is 23.2 Å². The number of carbonyl (C=O) groups excluding carboxylic acids is 1. The Labute approximate surface area is 133 Å². The van der Waals surface area contributed by atoms with E-state index in [9.17, 15) is 22.4 Å². The van der Waals surface area contributed by atoms with E-state index in [1.165, 1.54) is 30.3 Å². The minimum atomic E-state index is -4.89. The molecular weight excluding hydrogens is 338 g/mol.